The summed E-state index contributed by atoms with van der Waals surface area (Å²) in [4.78, 5) is 37.6. The van der Waals surface area contributed by atoms with E-state index < -0.39 is 12.6 Å². The van der Waals surface area contributed by atoms with Crippen molar-refractivity contribution in [3.63, 3.8) is 0 Å². The number of nitrogens with zero attached hydrogens (tertiary/aromatic N) is 1. The molecule has 0 spiro atoms. The van der Waals surface area contributed by atoms with Crippen molar-refractivity contribution in [1.29, 1.82) is 0 Å². The fraction of sp³-hybridized carbons (Fsp3) is 0.286. The highest BCUT2D eigenvalue weighted by atomic mass is 19.3. The lowest BCUT2D eigenvalue weighted by Gasteiger charge is -2.13. The molecule has 0 fully saturated rings. The Kier molecular flexibility index (Phi) is 6.61. The van der Waals surface area contributed by atoms with Crippen molar-refractivity contribution in [2.45, 2.75) is 26.1 Å². The number of imide groups is 1. The maximum atomic E-state index is 12.4. The van der Waals surface area contributed by atoms with Gasteiger partial charge in [0.05, 0.1) is 18.2 Å². The van der Waals surface area contributed by atoms with Gasteiger partial charge in [0.25, 0.3) is 11.8 Å². The van der Waals surface area contributed by atoms with Crippen LogP contribution < -0.4 is 9.47 Å². The van der Waals surface area contributed by atoms with Crippen LogP contribution in [0.1, 0.15) is 39.1 Å². The molecule has 0 saturated heterocycles. The SMILES string of the molecule is COc1cc(COC(=O)CCCN2C(=O)c3ccccc3C2=O)ccc1OC(F)F. The van der Waals surface area contributed by atoms with Crippen LogP contribution in [0.2, 0.25) is 0 Å². The smallest absolute Gasteiger partial charge is 0.387 e. The molecule has 0 radical (unpaired) electrons. The van der Waals surface area contributed by atoms with E-state index in [2.05, 4.69) is 4.74 Å². The van der Waals surface area contributed by atoms with Crippen molar-refractivity contribution in [2.24, 2.45) is 0 Å². The Morgan fingerprint density at radius 3 is 2.30 bits per heavy atom. The first-order valence-corrected chi connectivity index (χ1v) is 9.13. The number of carbonyl (C=O) groups excluding carboxylic acids is 3. The number of alkyl halides is 2. The minimum Gasteiger partial charge on any atom is -0.493 e. The fourth-order valence-corrected chi connectivity index (χ4v) is 3.05. The molecule has 158 valence electrons. The van der Waals surface area contributed by atoms with E-state index in [1.165, 1.54) is 25.3 Å². The summed E-state index contributed by atoms with van der Waals surface area (Å²) < 4.78 is 39.2. The molecule has 0 aromatic heterocycles. The lowest BCUT2D eigenvalue weighted by molar-refractivity contribution is -0.145. The third kappa shape index (κ3) is 4.73. The topological polar surface area (TPSA) is 82.1 Å². The summed E-state index contributed by atoms with van der Waals surface area (Å²) in [5, 5.41) is 0. The third-order valence-corrected chi connectivity index (χ3v) is 4.48. The average Bonchev–Trinajstić information content (AvgIpc) is 2.97. The van der Waals surface area contributed by atoms with Crippen molar-refractivity contribution in [3.05, 3.63) is 59.2 Å². The van der Waals surface area contributed by atoms with E-state index in [4.69, 9.17) is 9.47 Å². The van der Waals surface area contributed by atoms with Crippen LogP contribution in [0.5, 0.6) is 11.5 Å². The maximum Gasteiger partial charge on any atom is 0.387 e. The lowest BCUT2D eigenvalue weighted by atomic mass is 10.1. The van der Waals surface area contributed by atoms with Gasteiger partial charge in [-0.2, -0.15) is 8.78 Å². The number of benzene rings is 2. The first-order valence-electron chi connectivity index (χ1n) is 9.13. The van der Waals surface area contributed by atoms with Gasteiger partial charge in [-0.1, -0.05) is 18.2 Å². The van der Waals surface area contributed by atoms with Gasteiger partial charge in [-0.15, -0.1) is 0 Å². The fourth-order valence-electron chi connectivity index (χ4n) is 3.05. The third-order valence-electron chi connectivity index (χ3n) is 4.48. The summed E-state index contributed by atoms with van der Waals surface area (Å²) in [5.41, 5.74) is 1.25. The van der Waals surface area contributed by atoms with Gasteiger partial charge < -0.3 is 14.2 Å². The average molecular weight is 419 g/mol. The highest BCUT2D eigenvalue weighted by molar-refractivity contribution is 6.21. The van der Waals surface area contributed by atoms with Gasteiger partial charge in [0.1, 0.15) is 6.61 Å². The van der Waals surface area contributed by atoms with E-state index in [-0.39, 0.29) is 49.3 Å². The number of methoxy groups -OCH3 is 1. The minimum absolute atomic E-state index is 0.0110. The van der Waals surface area contributed by atoms with E-state index in [1.54, 1.807) is 24.3 Å². The zero-order valence-corrected chi connectivity index (χ0v) is 16.1. The van der Waals surface area contributed by atoms with Crippen molar-refractivity contribution in [2.75, 3.05) is 13.7 Å². The van der Waals surface area contributed by atoms with Crippen LogP contribution in [0.15, 0.2) is 42.5 Å². The van der Waals surface area contributed by atoms with E-state index in [9.17, 15) is 23.2 Å². The summed E-state index contributed by atoms with van der Waals surface area (Å²) in [6.45, 7) is -2.96. The van der Waals surface area contributed by atoms with Crippen molar-refractivity contribution < 1.29 is 37.4 Å². The first kappa shape index (κ1) is 21.2. The molecule has 0 saturated carbocycles. The number of hydrogen-bond acceptors (Lipinski definition) is 6. The molecule has 0 unspecified atom stereocenters. The van der Waals surface area contributed by atoms with Crippen LogP contribution in [-0.2, 0) is 16.1 Å². The zero-order valence-electron chi connectivity index (χ0n) is 16.1. The molecule has 1 heterocycles. The van der Waals surface area contributed by atoms with Crippen LogP contribution >= 0.6 is 0 Å². The highest BCUT2D eigenvalue weighted by Crippen LogP contribution is 2.29. The van der Waals surface area contributed by atoms with Crippen LogP contribution in [0.25, 0.3) is 0 Å². The van der Waals surface area contributed by atoms with E-state index in [0.717, 1.165) is 4.90 Å². The summed E-state index contributed by atoms with van der Waals surface area (Å²) in [7, 11) is 1.31. The molecule has 2 aromatic carbocycles. The Balaban J connectivity index is 1.47. The molecule has 7 nitrogen and oxygen atoms in total. The summed E-state index contributed by atoms with van der Waals surface area (Å²) in [5.74, 6) is -1.29. The first-order chi connectivity index (χ1) is 14.4. The van der Waals surface area contributed by atoms with E-state index >= 15 is 0 Å². The molecule has 0 aliphatic carbocycles. The molecular formula is C21H19F2NO6. The van der Waals surface area contributed by atoms with Gasteiger partial charge in [-0.05, 0) is 36.2 Å². The van der Waals surface area contributed by atoms with Gasteiger partial charge >= 0.3 is 12.6 Å². The summed E-state index contributed by atoms with van der Waals surface area (Å²) in [6, 6.07) is 10.8. The molecule has 1 aliphatic heterocycles. The number of fused-ring (bicyclic) bond motifs is 1. The largest absolute Gasteiger partial charge is 0.493 e. The number of ether oxygens (including phenoxy) is 3. The Bertz CT molecular complexity index is 927. The minimum atomic E-state index is -2.98. The Labute approximate surface area is 171 Å². The predicted octanol–water partition coefficient (Wildman–Crippen LogP) is 3.42. The second-order valence-electron chi connectivity index (χ2n) is 6.44. The normalized spacial score (nSPS) is 12.9. The molecule has 2 amide bonds. The van der Waals surface area contributed by atoms with E-state index in [1.807, 2.05) is 0 Å². The Morgan fingerprint density at radius 1 is 1.03 bits per heavy atom. The molecular weight excluding hydrogens is 400 g/mol. The molecule has 0 atom stereocenters. The molecule has 3 rings (SSSR count). The van der Waals surface area contributed by atoms with Crippen LogP contribution in [0, 0.1) is 0 Å². The second-order valence-corrected chi connectivity index (χ2v) is 6.44. The Hall–Kier alpha value is -3.49. The second kappa shape index (κ2) is 9.34. The quantitative estimate of drug-likeness (QED) is 0.458. The maximum absolute atomic E-state index is 12.4. The van der Waals surface area contributed by atoms with Crippen LogP contribution in [0.4, 0.5) is 8.78 Å². The Morgan fingerprint density at radius 2 is 1.70 bits per heavy atom. The van der Waals surface area contributed by atoms with Crippen molar-refractivity contribution in [1.82, 2.24) is 4.90 Å². The van der Waals surface area contributed by atoms with Crippen LogP contribution in [-0.4, -0.2) is 42.9 Å². The molecule has 9 heteroatoms. The molecule has 1 aliphatic rings. The highest BCUT2D eigenvalue weighted by Gasteiger charge is 2.34. The van der Waals surface area contributed by atoms with Gasteiger partial charge in [0.15, 0.2) is 11.5 Å². The summed E-state index contributed by atoms with van der Waals surface area (Å²) >= 11 is 0. The van der Waals surface area contributed by atoms with Gasteiger partial charge in [0, 0.05) is 13.0 Å². The van der Waals surface area contributed by atoms with Crippen molar-refractivity contribution in [3.8, 4) is 11.5 Å². The summed E-state index contributed by atoms with van der Waals surface area (Å²) in [6.07, 6.45) is 0.270. The molecule has 30 heavy (non-hydrogen) atoms. The number of carbonyl (C=O) groups is 3. The number of halogens is 2. The molecule has 2 aromatic rings. The van der Waals surface area contributed by atoms with Gasteiger partial charge in [-0.25, -0.2) is 0 Å². The molecule has 0 bridgehead atoms. The predicted molar refractivity (Wildman–Crippen MR) is 100 cm³/mol. The number of amides is 2. The number of rotatable bonds is 9. The zero-order chi connectivity index (χ0) is 21.7. The lowest BCUT2D eigenvalue weighted by Crippen LogP contribution is -2.31. The van der Waals surface area contributed by atoms with Gasteiger partial charge in [0.2, 0.25) is 0 Å². The van der Waals surface area contributed by atoms with E-state index in [0.29, 0.717) is 16.7 Å². The molecule has 0 N–H and O–H groups in total. The van der Waals surface area contributed by atoms with Crippen molar-refractivity contribution >= 4 is 17.8 Å². The van der Waals surface area contributed by atoms with Crippen LogP contribution in [0.3, 0.4) is 0 Å². The van der Waals surface area contributed by atoms with Gasteiger partial charge in [-0.3, -0.25) is 19.3 Å². The monoisotopic (exact) mass is 419 g/mol. The number of esters is 1. The number of hydrogen-bond donors (Lipinski definition) is 0. The standard InChI is InChI=1S/C21H19F2NO6/c1-28-17-11-13(8-9-16(17)30-21(22)23)12-29-18(25)7-4-10-24-19(26)14-5-2-3-6-15(14)20(24)27/h2-3,5-6,8-9,11,21H,4,7,10,12H2,1H3.